The number of alkyl halides is 3. The Morgan fingerprint density at radius 1 is 1.25 bits per heavy atom. The van der Waals surface area contributed by atoms with E-state index in [9.17, 15) is 13.2 Å². The highest BCUT2D eigenvalue weighted by Crippen LogP contribution is 2.43. The summed E-state index contributed by atoms with van der Waals surface area (Å²) in [4.78, 5) is 3.91. The molecule has 3 nitrogen and oxygen atoms in total. The molecule has 1 saturated carbocycles. The maximum Gasteiger partial charge on any atom is 0.392 e. The molecular formula is C14H20F3N3. The zero-order valence-corrected chi connectivity index (χ0v) is 11.2. The van der Waals surface area contributed by atoms with Crippen LogP contribution in [0.25, 0.3) is 0 Å². The third-order valence-electron chi connectivity index (χ3n) is 4.18. The summed E-state index contributed by atoms with van der Waals surface area (Å²) in [6.45, 7) is 0. The molecule has 0 amide bonds. The molecule has 0 aromatic carbocycles. The highest BCUT2D eigenvalue weighted by molar-refractivity contribution is 5.12. The largest absolute Gasteiger partial charge is 0.392 e. The van der Waals surface area contributed by atoms with Crippen LogP contribution in [-0.4, -0.2) is 17.2 Å². The van der Waals surface area contributed by atoms with Gasteiger partial charge in [0.05, 0.1) is 5.92 Å². The molecule has 1 heterocycles. The van der Waals surface area contributed by atoms with Crippen LogP contribution in [0, 0.1) is 11.8 Å². The second-order valence-electron chi connectivity index (χ2n) is 5.43. The van der Waals surface area contributed by atoms with Gasteiger partial charge in [0.25, 0.3) is 0 Å². The minimum Gasteiger partial charge on any atom is -0.271 e. The Balaban J connectivity index is 2.12. The Hall–Kier alpha value is -1.14. The highest BCUT2D eigenvalue weighted by Gasteiger charge is 2.47. The molecule has 0 radical (unpaired) electrons. The lowest BCUT2D eigenvalue weighted by molar-refractivity contribution is -0.199. The Labute approximate surface area is 116 Å². The van der Waals surface area contributed by atoms with Gasteiger partial charge in [-0.15, -0.1) is 0 Å². The third-order valence-corrected chi connectivity index (χ3v) is 4.18. The van der Waals surface area contributed by atoms with Crippen LogP contribution in [0.4, 0.5) is 13.2 Å². The van der Waals surface area contributed by atoms with Gasteiger partial charge in [-0.25, -0.2) is 0 Å². The SMILES string of the molecule is NNC(Cc1ccncc1)C1CCCCC1C(F)(F)F. The molecule has 0 bridgehead atoms. The van der Waals surface area contributed by atoms with Crippen molar-refractivity contribution in [2.24, 2.45) is 17.7 Å². The lowest BCUT2D eigenvalue weighted by Crippen LogP contribution is -2.49. The molecule has 6 heteroatoms. The van der Waals surface area contributed by atoms with Gasteiger partial charge >= 0.3 is 6.18 Å². The van der Waals surface area contributed by atoms with Crippen LogP contribution in [0.15, 0.2) is 24.5 Å². The second-order valence-corrected chi connectivity index (χ2v) is 5.43. The minimum absolute atomic E-state index is 0.211. The number of nitrogens with zero attached hydrogens (tertiary/aromatic N) is 1. The molecule has 1 aliphatic carbocycles. The first-order chi connectivity index (χ1) is 9.52. The molecule has 0 spiro atoms. The fourth-order valence-corrected chi connectivity index (χ4v) is 3.15. The van der Waals surface area contributed by atoms with E-state index in [1.165, 1.54) is 0 Å². The van der Waals surface area contributed by atoms with Crippen molar-refractivity contribution in [3.05, 3.63) is 30.1 Å². The van der Waals surface area contributed by atoms with Gasteiger partial charge in [0, 0.05) is 18.4 Å². The van der Waals surface area contributed by atoms with Crippen LogP contribution in [-0.2, 0) is 6.42 Å². The number of rotatable bonds is 4. The van der Waals surface area contributed by atoms with Gasteiger partial charge in [-0.3, -0.25) is 16.3 Å². The molecule has 1 aromatic heterocycles. The van der Waals surface area contributed by atoms with Crippen molar-refractivity contribution in [1.29, 1.82) is 0 Å². The molecule has 0 aliphatic heterocycles. The first-order valence-electron chi connectivity index (χ1n) is 6.94. The van der Waals surface area contributed by atoms with Crippen LogP contribution >= 0.6 is 0 Å². The van der Waals surface area contributed by atoms with E-state index in [4.69, 9.17) is 5.84 Å². The monoisotopic (exact) mass is 287 g/mol. The van der Waals surface area contributed by atoms with Crippen molar-refractivity contribution in [3.63, 3.8) is 0 Å². The Bertz CT molecular complexity index is 408. The highest BCUT2D eigenvalue weighted by atomic mass is 19.4. The normalized spacial score (nSPS) is 25.4. The van der Waals surface area contributed by atoms with Gasteiger partial charge in [-0.2, -0.15) is 13.2 Å². The third kappa shape index (κ3) is 3.70. The Morgan fingerprint density at radius 2 is 1.90 bits per heavy atom. The minimum atomic E-state index is -4.14. The van der Waals surface area contributed by atoms with Crippen molar-refractivity contribution in [1.82, 2.24) is 10.4 Å². The molecule has 1 aromatic rings. The van der Waals surface area contributed by atoms with E-state index in [0.717, 1.165) is 12.0 Å². The number of pyridine rings is 1. The predicted octanol–water partition coefficient (Wildman–Crippen LogP) is 2.82. The Kier molecular flexibility index (Phi) is 4.99. The van der Waals surface area contributed by atoms with Crippen molar-refractivity contribution in [2.75, 3.05) is 0 Å². The topological polar surface area (TPSA) is 50.9 Å². The first-order valence-corrected chi connectivity index (χ1v) is 6.94. The van der Waals surface area contributed by atoms with E-state index in [-0.39, 0.29) is 12.5 Å². The molecule has 1 aliphatic rings. The molecular weight excluding hydrogens is 267 g/mol. The zero-order chi connectivity index (χ0) is 14.6. The standard InChI is InChI=1S/C14H20F3N3/c15-14(16,17)12-4-2-1-3-11(12)13(20-18)9-10-5-7-19-8-6-10/h5-8,11-13,20H,1-4,9,18H2. The van der Waals surface area contributed by atoms with E-state index < -0.39 is 18.0 Å². The summed E-state index contributed by atoms with van der Waals surface area (Å²) in [7, 11) is 0. The number of hydrogen-bond acceptors (Lipinski definition) is 3. The van der Waals surface area contributed by atoms with Crippen molar-refractivity contribution in [2.45, 2.75) is 44.3 Å². The second kappa shape index (κ2) is 6.54. The van der Waals surface area contributed by atoms with E-state index >= 15 is 0 Å². The van der Waals surface area contributed by atoms with Gasteiger partial charge in [0.1, 0.15) is 0 Å². The van der Waals surface area contributed by atoms with E-state index in [1.807, 2.05) is 12.1 Å². The van der Waals surface area contributed by atoms with Crippen molar-refractivity contribution in [3.8, 4) is 0 Å². The number of hydrazine groups is 1. The summed E-state index contributed by atoms with van der Waals surface area (Å²) in [6.07, 6.45) is 1.91. The van der Waals surface area contributed by atoms with Crippen LogP contribution < -0.4 is 11.3 Å². The number of halogens is 3. The van der Waals surface area contributed by atoms with Crippen LogP contribution in [0.3, 0.4) is 0 Å². The molecule has 0 saturated heterocycles. The van der Waals surface area contributed by atoms with Crippen LogP contribution in [0.2, 0.25) is 0 Å². The average molecular weight is 287 g/mol. The smallest absolute Gasteiger partial charge is 0.271 e. The van der Waals surface area contributed by atoms with E-state index in [2.05, 4.69) is 10.4 Å². The number of nitrogens with one attached hydrogen (secondary N) is 1. The summed E-state index contributed by atoms with van der Waals surface area (Å²) in [5.74, 6) is 3.82. The number of hydrogen-bond donors (Lipinski definition) is 2. The summed E-state index contributed by atoms with van der Waals surface area (Å²) in [5, 5.41) is 0. The van der Waals surface area contributed by atoms with E-state index in [1.54, 1.807) is 12.4 Å². The molecule has 2 rings (SSSR count). The van der Waals surface area contributed by atoms with Gasteiger partial charge in [-0.1, -0.05) is 12.8 Å². The van der Waals surface area contributed by atoms with Gasteiger partial charge in [0.2, 0.25) is 0 Å². The summed E-state index contributed by atoms with van der Waals surface area (Å²) < 4.78 is 39.4. The maximum absolute atomic E-state index is 13.1. The summed E-state index contributed by atoms with van der Waals surface area (Å²) in [5.41, 5.74) is 3.56. The lowest BCUT2D eigenvalue weighted by Gasteiger charge is -2.38. The maximum atomic E-state index is 13.1. The molecule has 3 atom stereocenters. The lowest BCUT2D eigenvalue weighted by atomic mass is 9.73. The van der Waals surface area contributed by atoms with Gasteiger partial charge in [-0.05, 0) is 42.9 Å². The Morgan fingerprint density at radius 3 is 2.50 bits per heavy atom. The van der Waals surface area contributed by atoms with Crippen molar-refractivity contribution >= 4 is 0 Å². The first kappa shape index (κ1) is 15.3. The predicted molar refractivity (Wildman–Crippen MR) is 70.6 cm³/mol. The fraction of sp³-hybridized carbons (Fsp3) is 0.643. The van der Waals surface area contributed by atoms with Crippen LogP contribution in [0.5, 0.6) is 0 Å². The summed E-state index contributed by atoms with van der Waals surface area (Å²) >= 11 is 0. The van der Waals surface area contributed by atoms with Crippen molar-refractivity contribution < 1.29 is 13.2 Å². The van der Waals surface area contributed by atoms with Gasteiger partial charge < -0.3 is 0 Å². The molecule has 1 fully saturated rings. The molecule has 112 valence electrons. The molecule has 3 N–H and O–H groups in total. The number of aromatic nitrogens is 1. The zero-order valence-electron chi connectivity index (χ0n) is 11.2. The molecule has 3 unspecified atom stereocenters. The molecule has 20 heavy (non-hydrogen) atoms. The van der Waals surface area contributed by atoms with E-state index in [0.29, 0.717) is 19.3 Å². The quantitative estimate of drug-likeness (QED) is 0.661. The average Bonchev–Trinajstić information content (AvgIpc) is 2.45. The summed E-state index contributed by atoms with van der Waals surface area (Å²) in [6, 6.07) is 3.27. The number of nitrogens with two attached hydrogens (primary N) is 1. The van der Waals surface area contributed by atoms with Crippen LogP contribution in [0.1, 0.15) is 31.2 Å². The fourth-order valence-electron chi connectivity index (χ4n) is 3.15. The van der Waals surface area contributed by atoms with Gasteiger partial charge in [0.15, 0.2) is 0 Å².